The fraction of sp³-hybridized carbons (Fsp3) is 0.182. The van der Waals surface area contributed by atoms with Crippen molar-refractivity contribution in [3.05, 3.63) is 71.5 Å². The van der Waals surface area contributed by atoms with E-state index in [0.717, 1.165) is 21.0 Å². The average Bonchev–Trinajstić information content (AvgIpc) is 3.10. The smallest absolute Gasteiger partial charge is 0.249 e. The molecule has 0 unspecified atom stereocenters. The van der Waals surface area contributed by atoms with E-state index in [1.54, 1.807) is 30.3 Å². The van der Waals surface area contributed by atoms with Crippen molar-refractivity contribution in [2.75, 3.05) is 5.75 Å². The maximum Gasteiger partial charge on any atom is 0.249 e. The van der Waals surface area contributed by atoms with Gasteiger partial charge >= 0.3 is 0 Å². The topological polar surface area (TPSA) is 68.5 Å². The molecule has 0 bridgehead atoms. The largest absolute Gasteiger partial charge is 0.317 e. The molecule has 4 aromatic rings. The highest BCUT2D eigenvalue weighted by atomic mass is 32.2. The van der Waals surface area contributed by atoms with Gasteiger partial charge in [0.25, 0.3) is 0 Å². The Morgan fingerprint density at radius 2 is 1.72 bits per heavy atom. The number of fused-ring (bicyclic) bond motifs is 3. The third-order valence-corrected chi connectivity index (χ3v) is 7.66. The lowest BCUT2D eigenvalue weighted by atomic mass is 10.1. The van der Waals surface area contributed by atoms with Crippen LogP contribution in [0.25, 0.3) is 21.0 Å². The zero-order valence-corrected chi connectivity index (χ0v) is 17.5. The minimum atomic E-state index is -3.50. The molecule has 0 aliphatic rings. The predicted molar refractivity (Wildman–Crippen MR) is 117 cm³/mol. The summed E-state index contributed by atoms with van der Waals surface area (Å²) >= 11 is 1.46. The van der Waals surface area contributed by atoms with Crippen LogP contribution in [0.2, 0.25) is 0 Å². The monoisotopic (exact) mass is 424 g/mol. The number of aromatic nitrogens is 1. The number of nitrogens with zero attached hydrogens (tertiary/aromatic N) is 2. The SMILES string of the molecule is CCn1c(=NC(=O)CCS(=O)(=O)c2ccccc2)sc2c3ccccc3ccc21. The van der Waals surface area contributed by atoms with E-state index < -0.39 is 15.7 Å². The van der Waals surface area contributed by atoms with Crippen LogP contribution in [0.1, 0.15) is 13.3 Å². The number of amides is 1. The molecule has 1 amide bonds. The molecule has 3 aromatic carbocycles. The summed E-state index contributed by atoms with van der Waals surface area (Å²) in [5, 5.41) is 2.26. The van der Waals surface area contributed by atoms with Gasteiger partial charge in [-0.1, -0.05) is 59.9 Å². The molecule has 0 saturated heterocycles. The van der Waals surface area contributed by atoms with Gasteiger partial charge in [-0.05, 0) is 30.5 Å². The van der Waals surface area contributed by atoms with Crippen molar-refractivity contribution < 1.29 is 13.2 Å². The molecule has 7 heteroatoms. The van der Waals surface area contributed by atoms with Gasteiger partial charge in [-0.25, -0.2) is 8.42 Å². The number of carbonyl (C=O) groups excluding carboxylic acids is 1. The van der Waals surface area contributed by atoms with E-state index in [1.807, 2.05) is 29.7 Å². The minimum absolute atomic E-state index is 0.143. The lowest BCUT2D eigenvalue weighted by molar-refractivity contribution is -0.117. The van der Waals surface area contributed by atoms with E-state index in [-0.39, 0.29) is 17.1 Å². The molecule has 0 spiro atoms. The first-order chi connectivity index (χ1) is 14.0. The Hall–Kier alpha value is -2.77. The standard InChI is InChI=1S/C22H20N2O3S2/c1-2-24-19-13-12-16-8-6-7-11-18(16)21(19)28-22(24)23-20(25)14-15-29(26,27)17-9-4-3-5-10-17/h3-13H,2,14-15H2,1H3. The van der Waals surface area contributed by atoms with Crippen LogP contribution < -0.4 is 4.80 Å². The van der Waals surface area contributed by atoms with Gasteiger partial charge in [0, 0.05) is 18.4 Å². The molecule has 1 aromatic heterocycles. The average molecular weight is 425 g/mol. The molecule has 29 heavy (non-hydrogen) atoms. The third-order valence-electron chi connectivity index (χ3n) is 4.80. The first-order valence-electron chi connectivity index (χ1n) is 9.36. The summed E-state index contributed by atoms with van der Waals surface area (Å²) in [5.41, 5.74) is 1.03. The minimum Gasteiger partial charge on any atom is -0.317 e. The maximum atomic E-state index is 12.5. The number of hydrogen-bond acceptors (Lipinski definition) is 4. The lowest BCUT2D eigenvalue weighted by Crippen LogP contribution is -2.17. The molecule has 0 fully saturated rings. The molecule has 0 aliphatic carbocycles. The van der Waals surface area contributed by atoms with Gasteiger partial charge in [-0.15, -0.1) is 0 Å². The quantitative estimate of drug-likeness (QED) is 0.483. The fourth-order valence-electron chi connectivity index (χ4n) is 3.32. The normalized spacial score (nSPS) is 12.7. The van der Waals surface area contributed by atoms with E-state index >= 15 is 0 Å². The maximum absolute atomic E-state index is 12.5. The van der Waals surface area contributed by atoms with Gasteiger partial charge in [-0.2, -0.15) is 4.99 Å². The van der Waals surface area contributed by atoms with Crippen LogP contribution in [0, 0.1) is 0 Å². The number of rotatable bonds is 5. The molecule has 0 atom stereocenters. The van der Waals surface area contributed by atoms with Crippen molar-refractivity contribution in [2.24, 2.45) is 4.99 Å². The zero-order chi connectivity index (χ0) is 20.4. The van der Waals surface area contributed by atoms with Gasteiger partial charge in [0.1, 0.15) is 0 Å². The molecule has 4 rings (SSSR count). The van der Waals surface area contributed by atoms with Gasteiger partial charge < -0.3 is 4.57 Å². The number of hydrogen-bond donors (Lipinski definition) is 0. The number of sulfone groups is 1. The zero-order valence-electron chi connectivity index (χ0n) is 15.9. The molecule has 0 saturated carbocycles. The molecule has 0 radical (unpaired) electrons. The highest BCUT2D eigenvalue weighted by Gasteiger charge is 2.16. The highest BCUT2D eigenvalue weighted by molar-refractivity contribution is 7.91. The Morgan fingerprint density at radius 3 is 2.48 bits per heavy atom. The summed E-state index contributed by atoms with van der Waals surface area (Å²) in [5.74, 6) is -0.679. The summed E-state index contributed by atoms with van der Waals surface area (Å²) in [6.07, 6.45) is -0.143. The Balaban J connectivity index is 1.67. The molecule has 148 valence electrons. The summed E-state index contributed by atoms with van der Waals surface area (Å²) < 4.78 is 27.9. The van der Waals surface area contributed by atoms with Crippen LogP contribution in [0.4, 0.5) is 0 Å². The van der Waals surface area contributed by atoms with Crippen LogP contribution >= 0.6 is 11.3 Å². The van der Waals surface area contributed by atoms with Crippen molar-refractivity contribution in [1.29, 1.82) is 0 Å². The van der Waals surface area contributed by atoms with E-state index in [1.165, 1.54) is 11.3 Å². The van der Waals surface area contributed by atoms with Gasteiger partial charge in [0.15, 0.2) is 14.6 Å². The fourth-order valence-corrected chi connectivity index (χ4v) is 5.82. The van der Waals surface area contributed by atoms with Crippen LogP contribution in [-0.4, -0.2) is 24.6 Å². The van der Waals surface area contributed by atoms with Crippen molar-refractivity contribution in [1.82, 2.24) is 4.57 Å². The molecular formula is C22H20N2O3S2. The number of aryl methyl sites for hydroxylation is 1. The summed E-state index contributed by atoms with van der Waals surface area (Å²) in [7, 11) is -3.50. The Kier molecular flexibility index (Phi) is 5.34. The number of carbonyl (C=O) groups is 1. The Labute approximate surface area is 172 Å². The van der Waals surface area contributed by atoms with Crippen molar-refractivity contribution in [2.45, 2.75) is 24.8 Å². The van der Waals surface area contributed by atoms with E-state index in [4.69, 9.17) is 0 Å². The van der Waals surface area contributed by atoms with Crippen LogP contribution in [-0.2, 0) is 21.2 Å². The van der Waals surface area contributed by atoms with Crippen molar-refractivity contribution in [3.63, 3.8) is 0 Å². The van der Waals surface area contributed by atoms with Crippen LogP contribution in [0.3, 0.4) is 0 Å². The van der Waals surface area contributed by atoms with Crippen LogP contribution in [0.5, 0.6) is 0 Å². The summed E-state index contributed by atoms with van der Waals surface area (Å²) in [6, 6.07) is 20.4. The third kappa shape index (κ3) is 3.88. The van der Waals surface area contributed by atoms with Crippen LogP contribution in [0.15, 0.2) is 76.6 Å². The van der Waals surface area contributed by atoms with E-state index in [2.05, 4.69) is 23.2 Å². The molecule has 5 nitrogen and oxygen atoms in total. The number of benzene rings is 3. The number of thiazole rings is 1. The molecule has 0 aliphatic heterocycles. The second-order valence-electron chi connectivity index (χ2n) is 6.65. The Morgan fingerprint density at radius 1 is 1.00 bits per heavy atom. The molecular weight excluding hydrogens is 404 g/mol. The van der Waals surface area contributed by atoms with E-state index in [0.29, 0.717) is 11.3 Å². The van der Waals surface area contributed by atoms with Crippen molar-refractivity contribution in [3.8, 4) is 0 Å². The van der Waals surface area contributed by atoms with Gasteiger partial charge in [0.2, 0.25) is 5.91 Å². The van der Waals surface area contributed by atoms with Crippen molar-refractivity contribution >= 4 is 48.1 Å². The molecule has 1 heterocycles. The van der Waals surface area contributed by atoms with Gasteiger partial charge in [0.05, 0.1) is 20.9 Å². The van der Waals surface area contributed by atoms with E-state index in [9.17, 15) is 13.2 Å². The second-order valence-corrected chi connectivity index (χ2v) is 9.74. The lowest BCUT2D eigenvalue weighted by Gasteiger charge is -2.03. The van der Waals surface area contributed by atoms with Gasteiger partial charge in [-0.3, -0.25) is 4.79 Å². The Bertz CT molecular complexity index is 1370. The summed E-state index contributed by atoms with van der Waals surface area (Å²) in [6.45, 7) is 2.68. The second kappa shape index (κ2) is 7.93. The first kappa shape index (κ1) is 19.5. The predicted octanol–water partition coefficient (Wildman–Crippen LogP) is 4.17. The summed E-state index contributed by atoms with van der Waals surface area (Å²) in [4.78, 5) is 17.5. The first-order valence-corrected chi connectivity index (χ1v) is 11.8. The molecule has 0 N–H and O–H groups in total. The highest BCUT2D eigenvalue weighted by Crippen LogP contribution is 2.27.